The van der Waals surface area contributed by atoms with Crippen molar-refractivity contribution >= 4 is 11.7 Å². The molecule has 6 nitrogen and oxygen atoms in total. The molecule has 1 fully saturated rings. The molecular formula is C22H47NO5. The topological polar surface area (TPSA) is 87.8 Å². The van der Waals surface area contributed by atoms with E-state index in [2.05, 4.69) is 6.92 Å². The molecule has 0 aromatic rings. The third-order valence-electron chi connectivity index (χ3n) is 4.57. The normalized spacial score (nSPS) is 18.5. The molecule has 0 aliphatic heterocycles. The fourth-order valence-corrected chi connectivity index (χ4v) is 2.69. The van der Waals surface area contributed by atoms with Crippen LogP contribution in [0.1, 0.15) is 74.6 Å². The molecule has 1 amide bonds. The van der Waals surface area contributed by atoms with E-state index in [1.807, 2.05) is 27.7 Å². The minimum atomic E-state index is -0.347. The summed E-state index contributed by atoms with van der Waals surface area (Å²) in [6.45, 7) is 12.8. The highest BCUT2D eigenvalue weighted by Crippen LogP contribution is 2.30. The van der Waals surface area contributed by atoms with Crippen molar-refractivity contribution in [1.82, 2.24) is 0 Å². The predicted molar refractivity (Wildman–Crippen MR) is 116 cm³/mol. The van der Waals surface area contributed by atoms with Gasteiger partial charge in [0.25, 0.3) is 0 Å². The Labute approximate surface area is 174 Å². The molecule has 1 aliphatic rings. The maximum absolute atomic E-state index is 11.5. The molecule has 0 heterocycles. The zero-order valence-corrected chi connectivity index (χ0v) is 19.1. The number of Topliss-reactive ketones (excluding diaryl/α,β-unsaturated/α-hetero) is 1. The summed E-state index contributed by atoms with van der Waals surface area (Å²) in [4.78, 5) is 21.8. The lowest BCUT2D eigenvalue weighted by Gasteiger charge is -2.25. The molecule has 0 bridgehead atoms. The Hall–Kier alpha value is -0.980. The molecule has 0 saturated heterocycles. The van der Waals surface area contributed by atoms with Gasteiger partial charge in [0.1, 0.15) is 5.78 Å². The minimum absolute atomic E-state index is 0. The van der Waals surface area contributed by atoms with E-state index in [1.165, 1.54) is 25.7 Å². The molecule has 0 radical (unpaired) electrons. The van der Waals surface area contributed by atoms with E-state index >= 15 is 0 Å². The summed E-state index contributed by atoms with van der Waals surface area (Å²) in [6, 6.07) is 0. The van der Waals surface area contributed by atoms with Gasteiger partial charge >= 0.3 is 0 Å². The van der Waals surface area contributed by atoms with Crippen LogP contribution in [0.15, 0.2) is 0 Å². The summed E-state index contributed by atoms with van der Waals surface area (Å²) >= 11 is 0. The highest BCUT2D eigenvalue weighted by Gasteiger charge is 2.21. The van der Waals surface area contributed by atoms with Gasteiger partial charge in [-0.15, -0.1) is 0 Å². The summed E-state index contributed by atoms with van der Waals surface area (Å²) in [6.07, 6.45) is 6.31. The van der Waals surface area contributed by atoms with Crippen molar-refractivity contribution in [2.24, 2.45) is 23.5 Å². The summed E-state index contributed by atoms with van der Waals surface area (Å²) in [5.74, 6) is 1.94. The maximum atomic E-state index is 11.5. The van der Waals surface area contributed by atoms with Gasteiger partial charge in [-0.25, -0.2) is 0 Å². The predicted octanol–water partition coefficient (Wildman–Crippen LogP) is 4.24. The van der Waals surface area contributed by atoms with Crippen LogP contribution in [0.2, 0.25) is 0 Å². The number of amides is 1. The molecule has 0 aromatic heterocycles. The van der Waals surface area contributed by atoms with Crippen LogP contribution in [-0.2, 0) is 23.8 Å². The monoisotopic (exact) mass is 405 g/mol. The molecule has 6 heteroatoms. The minimum Gasteiger partial charge on any atom is -0.382 e. The van der Waals surface area contributed by atoms with Gasteiger partial charge in [0.15, 0.2) is 0 Å². The Bertz CT molecular complexity index is 372. The molecule has 2 N–H and O–H groups in total. The smallest absolute Gasteiger partial charge is 0.219 e. The zero-order valence-electron chi connectivity index (χ0n) is 19.1. The lowest BCUT2D eigenvalue weighted by Crippen LogP contribution is -2.18. The molecule has 0 unspecified atom stereocenters. The van der Waals surface area contributed by atoms with E-state index in [-0.39, 0.29) is 19.7 Å². The summed E-state index contributed by atoms with van der Waals surface area (Å²) < 4.78 is 14.9. The fraction of sp³-hybridized carbons (Fsp3) is 0.909. The van der Waals surface area contributed by atoms with Crippen LogP contribution in [0.3, 0.4) is 0 Å². The number of hydrogen-bond donors (Lipinski definition) is 1. The summed E-state index contributed by atoms with van der Waals surface area (Å²) in [5.41, 5.74) is 4.91. The van der Waals surface area contributed by atoms with Gasteiger partial charge in [-0.3, -0.25) is 9.59 Å². The van der Waals surface area contributed by atoms with Gasteiger partial charge in [0.05, 0.1) is 33.0 Å². The van der Waals surface area contributed by atoms with Crippen LogP contribution in [0.25, 0.3) is 0 Å². The van der Waals surface area contributed by atoms with Crippen LogP contribution in [0, 0.1) is 17.8 Å². The van der Waals surface area contributed by atoms with Crippen LogP contribution in [0.5, 0.6) is 0 Å². The van der Waals surface area contributed by atoms with Gasteiger partial charge in [-0.1, -0.05) is 47.5 Å². The average Bonchev–Trinajstić information content (AvgIpc) is 2.67. The van der Waals surface area contributed by atoms with E-state index in [0.717, 1.165) is 12.3 Å². The lowest BCUT2D eigenvalue weighted by atomic mass is 9.80. The molecule has 170 valence electrons. The maximum Gasteiger partial charge on any atom is 0.219 e. The lowest BCUT2D eigenvalue weighted by molar-refractivity contribution is -0.123. The van der Waals surface area contributed by atoms with Crippen molar-refractivity contribution < 1.29 is 25.2 Å². The third kappa shape index (κ3) is 19.8. The third-order valence-corrected chi connectivity index (χ3v) is 4.57. The molecule has 1 aliphatic carbocycles. The second kappa shape index (κ2) is 20.7. The van der Waals surface area contributed by atoms with Crippen molar-refractivity contribution in [3.63, 3.8) is 0 Å². The van der Waals surface area contributed by atoms with E-state index in [1.54, 1.807) is 7.11 Å². The second-order valence-corrected chi connectivity index (χ2v) is 7.38. The number of ether oxygens (including phenoxy) is 3. The number of ketones is 1. The van der Waals surface area contributed by atoms with Crippen molar-refractivity contribution in [2.45, 2.75) is 73.1 Å². The Morgan fingerprint density at radius 3 is 1.93 bits per heavy atom. The Balaban J connectivity index is -0.000000416. The number of nitrogens with two attached hydrogens (primary N) is 1. The first kappa shape index (κ1) is 29.2. The number of hydrogen-bond acceptors (Lipinski definition) is 5. The van der Waals surface area contributed by atoms with Crippen molar-refractivity contribution in [3.05, 3.63) is 0 Å². The van der Waals surface area contributed by atoms with Crippen LogP contribution < -0.4 is 5.73 Å². The van der Waals surface area contributed by atoms with Gasteiger partial charge in [-0.2, -0.15) is 0 Å². The van der Waals surface area contributed by atoms with E-state index < -0.39 is 0 Å². The van der Waals surface area contributed by atoms with Gasteiger partial charge in [0.2, 0.25) is 5.91 Å². The number of methoxy groups -OCH3 is 1. The molecule has 1 saturated carbocycles. The first-order chi connectivity index (χ1) is 13.4. The largest absolute Gasteiger partial charge is 0.382 e. The second-order valence-electron chi connectivity index (χ2n) is 7.38. The van der Waals surface area contributed by atoms with Crippen molar-refractivity contribution in [2.75, 3.05) is 40.1 Å². The number of carbonyl (C=O) groups is 2. The highest BCUT2D eigenvalue weighted by atomic mass is 16.5. The molecule has 0 aromatic carbocycles. The number of rotatable bonds is 12. The molecule has 0 spiro atoms. The molecular weight excluding hydrogens is 358 g/mol. The molecule has 0 atom stereocenters. The van der Waals surface area contributed by atoms with Crippen LogP contribution >= 0.6 is 0 Å². The Morgan fingerprint density at radius 2 is 1.46 bits per heavy atom. The quantitative estimate of drug-likeness (QED) is 0.491. The highest BCUT2D eigenvalue weighted by molar-refractivity contribution is 5.80. The van der Waals surface area contributed by atoms with Gasteiger partial charge in [-0.05, 0) is 24.7 Å². The number of primary amides is 1. The van der Waals surface area contributed by atoms with Gasteiger partial charge < -0.3 is 19.9 Å². The Morgan fingerprint density at radius 1 is 0.964 bits per heavy atom. The summed E-state index contributed by atoms with van der Waals surface area (Å²) in [5, 5.41) is 0. The van der Waals surface area contributed by atoms with Crippen LogP contribution in [0.4, 0.5) is 0 Å². The van der Waals surface area contributed by atoms with Gasteiger partial charge in [0, 0.05) is 27.3 Å². The van der Waals surface area contributed by atoms with E-state index in [4.69, 9.17) is 19.9 Å². The van der Waals surface area contributed by atoms with Crippen LogP contribution in [-0.4, -0.2) is 51.8 Å². The van der Waals surface area contributed by atoms with Crippen molar-refractivity contribution in [1.29, 1.82) is 0 Å². The SMILES string of the molecule is CC.CC1CCC(CC(=O)C(C)C)CC1.COCCOCCOCCC(N)=O.[HH]. The molecule has 1 rings (SSSR count). The first-order valence-corrected chi connectivity index (χ1v) is 10.8. The first-order valence-electron chi connectivity index (χ1n) is 10.8. The van der Waals surface area contributed by atoms with Crippen molar-refractivity contribution in [3.8, 4) is 0 Å². The summed E-state index contributed by atoms with van der Waals surface area (Å²) in [7, 11) is 1.62. The standard InChI is InChI=1S/C12H22O.C8H17NO4.C2H6.H2/c1-9(2)12(13)8-11-6-4-10(3)5-7-11;1-11-4-5-13-7-6-12-3-2-8(9)10;1-2;/h9-11H,4-8H2,1-3H3;2-7H2,1H3,(H2,9,10);1-2H3;1H. The molecule has 28 heavy (non-hydrogen) atoms. The number of carbonyl (C=O) groups excluding carboxylic acids is 2. The Kier molecular flexibility index (Phi) is 21.7. The van der Waals surface area contributed by atoms with E-state index in [0.29, 0.717) is 44.7 Å². The van der Waals surface area contributed by atoms with E-state index in [9.17, 15) is 9.59 Å². The fourth-order valence-electron chi connectivity index (χ4n) is 2.69. The zero-order chi connectivity index (χ0) is 21.8. The average molecular weight is 406 g/mol.